The van der Waals surface area contributed by atoms with Crippen molar-refractivity contribution in [3.05, 3.63) is 71.4 Å². The molecule has 9 nitrogen and oxygen atoms in total. The van der Waals surface area contributed by atoms with Crippen molar-refractivity contribution in [2.45, 2.75) is 70.7 Å². The summed E-state index contributed by atoms with van der Waals surface area (Å²) in [4.78, 5) is 48.2. The van der Waals surface area contributed by atoms with Gasteiger partial charge in [0.1, 0.15) is 12.1 Å². The molecular weight excluding hydrogens is 528 g/mol. The van der Waals surface area contributed by atoms with E-state index in [1.54, 1.807) is 18.9 Å². The van der Waals surface area contributed by atoms with Crippen LogP contribution >= 0.6 is 0 Å². The molecule has 3 amide bonds. The van der Waals surface area contributed by atoms with Crippen LogP contribution in [0.15, 0.2) is 54.7 Å². The van der Waals surface area contributed by atoms with E-state index in [1.807, 2.05) is 38.2 Å². The fourth-order valence-corrected chi connectivity index (χ4v) is 6.27. The number of hydrogen-bond donors (Lipinski definition) is 4. The molecule has 1 aliphatic heterocycles. The first-order chi connectivity index (χ1) is 20.3. The summed E-state index contributed by atoms with van der Waals surface area (Å²) in [5, 5.41) is 10.4. The molecule has 224 valence electrons. The summed E-state index contributed by atoms with van der Waals surface area (Å²) in [7, 11) is 1.72. The fraction of sp³-hybridized carbons (Fsp3) is 0.485. The molecule has 0 spiro atoms. The van der Waals surface area contributed by atoms with Gasteiger partial charge in [0.2, 0.25) is 17.7 Å². The molecule has 42 heavy (non-hydrogen) atoms. The molecule has 1 aromatic heterocycles. The summed E-state index contributed by atoms with van der Waals surface area (Å²) in [6.07, 6.45) is 4.83. The van der Waals surface area contributed by atoms with Gasteiger partial charge in [0, 0.05) is 43.3 Å². The molecule has 1 fully saturated rings. The van der Waals surface area contributed by atoms with Gasteiger partial charge in [-0.25, -0.2) is 0 Å². The molecule has 4 N–H and O–H groups in total. The van der Waals surface area contributed by atoms with Gasteiger partial charge in [-0.05, 0) is 68.0 Å². The van der Waals surface area contributed by atoms with E-state index >= 15 is 0 Å². The molecule has 2 heterocycles. The number of rotatable bonds is 9. The lowest BCUT2D eigenvalue weighted by molar-refractivity contribution is -0.148. The van der Waals surface area contributed by atoms with Crippen LogP contribution in [0, 0.1) is 5.92 Å². The van der Waals surface area contributed by atoms with E-state index in [0.717, 1.165) is 35.7 Å². The first-order valence-corrected chi connectivity index (χ1v) is 15.2. The second-order valence-corrected chi connectivity index (χ2v) is 12.0. The number of aromatic amines is 1. The first kappa shape index (κ1) is 29.8. The highest BCUT2D eigenvalue weighted by Gasteiger charge is 2.40. The van der Waals surface area contributed by atoms with Crippen molar-refractivity contribution in [3.8, 4) is 0 Å². The minimum atomic E-state index is -0.723. The van der Waals surface area contributed by atoms with Crippen molar-refractivity contribution in [1.29, 1.82) is 0 Å². The smallest absolute Gasteiger partial charge is 0.246 e. The van der Waals surface area contributed by atoms with E-state index in [4.69, 9.17) is 0 Å². The third-order valence-corrected chi connectivity index (χ3v) is 8.87. The number of carbonyl (C=O) groups is 3. The van der Waals surface area contributed by atoms with Gasteiger partial charge in [0.25, 0.3) is 0 Å². The first-order valence-electron chi connectivity index (χ1n) is 15.2. The Bertz CT molecular complexity index is 1420. The van der Waals surface area contributed by atoms with E-state index in [9.17, 15) is 14.4 Å². The van der Waals surface area contributed by atoms with Crippen molar-refractivity contribution in [2.24, 2.45) is 5.92 Å². The van der Waals surface area contributed by atoms with Crippen LogP contribution in [0.5, 0.6) is 0 Å². The Labute approximate surface area is 248 Å². The summed E-state index contributed by atoms with van der Waals surface area (Å²) in [6.45, 7) is 7.74. The van der Waals surface area contributed by atoms with E-state index in [1.165, 1.54) is 11.1 Å². The zero-order chi connectivity index (χ0) is 29.8. The number of piperazine rings is 1. The van der Waals surface area contributed by atoms with Gasteiger partial charge in [-0.2, -0.15) is 0 Å². The highest BCUT2D eigenvalue weighted by Crippen LogP contribution is 2.30. The van der Waals surface area contributed by atoms with Gasteiger partial charge in [-0.15, -0.1) is 0 Å². The largest absolute Gasteiger partial charge is 0.361 e. The van der Waals surface area contributed by atoms with E-state index in [2.05, 4.69) is 56.2 Å². The number of fused-ring (bicyclic) bond motifs is 2. The molecule has 5 rings (SSSR count). The van der Waals surface area contributed by atoms with Crippen LogP contribution in [0.4, 0.5) is 0 Å². The van der Waals surface area contributed by atoms with Gasteiger partial charge in [-0.3, -0.25) is 19.3 Å². The standard InChI is InChI=1S/C33H44N6O3/c1-21(2)30(37-31(40)22(3)34-4)33(42)39-18-17-38(19-24-11-8-13-27-26(24)15-16-35-27)20-29(39)32(41)36-28-14-7-10-23-9-5-6-12-25(23)28/h5-6,8-9,11-13,15-16,21-22,28-30,34-35H,7,10,14,17-20H2,1-4H3,(H,36,41)(H,37,40)/t22-,28?,29-,30-/m0/s1. The monoisotopic (exact) mass is 572 g/mol. The molecular formula is C33H44N6O3. The molecule has 2 aromatic carbocycles. The normalized spacial score (nSPS) is 20.6. The molecule has 0 saturated carbocycles. The van der Waals surface area contributed by atoms with Crippen LogP contribution in [0.3, 0.4) is 0 Å². The number of hydrogen-bond acceptors (Lipinski definition) is 5. The Balaban J connectivity index is 1.39. The average molecular weight is 573 g/mol. The summed E-state index contributed by atoms with van der Waals surface area (Å²) in [5.74, 6) is -0.725. The maximum Gasteiger partial charge on any atom is 0.246 e. The molecule has 2 aliphatic rings. The zero-order valence-corrected chi connectivity index (χ0v) is 25.2. The number of aromatic nitrogens is 1. The van der Waals surface area contributed by atoms with Gasteiger partial charge in [0.05, 0.1) is 12.1 Å². The van der Waals surface area contributed by atoms with Gasteiger partial charge >= 0.3 is 0 Å². The maximum atomic E-state index is 14.1. The van der Waals surface area contributed by atoms with Crippen molar-refractivity contribution in [2.75, 3.05) is 26.7 Å². The number of benzene rings is 2. The van der Waals surface area contributed by atoms with Crippen LogP contribution < -0.4 is 16.0 Å². The maximum absolute atomic E-state index is 14.1. The highest BCUT2D eigenvalue weighted by molar-refractivity contribution is 5.93. The number of nitrogens with zero attached hydrogens (tertiary/aromatic N) is 2. The van der Waals surface area contributed by atoms with Crippen molar-refractivity contribution in [3.63, 3.8) is 0 Å². The quantitative estimate of drug-likeness (QED) is 0.315. The summed E-state index contributed by atoms with van der Waals surface area (Å²) in [5.41, 5.74) is 4.70. The van der Waals surface area contributed by atoms with Crippen molar-refractivity contribution in [1.82, 2.24) is 30.7 Å². The van der Waals surface area contributed by atoms with Crippen LogP contribution in [-0.2, 0) is 27.3 Å². The Morgan fingerprint density at radius 3 is 2.62 bits per heavy atom. The summed E-state index contributed by atoms with van der Waals surface area (Å²) < 4.78 is 0. The summed E-state index contributed by atoms with van der Waals surface area (Å²) in [6, 6.07) is 14.7. The molecule has 1 aliphatic carbocycles. The fourth-order valence-electron chi connectivity index (χ4n) is 6.27. The van der Waals surface area contributed by atoms with Crippen LogP contribution in [0.25, 0.3) is 10.9 Å². The minimum absolute atomic E-state index is 0.0829. The predicted octanol–water partition coefficient (Wildman–Crippen LogP) is 3.12. The van der Waals surface area contributed by atoms with Gasteiger partial charge < -0.3 is 25.8 Å². The van der Waals surface area contributed by atoms with Crippen molar-refractivity contribution >= 4 is 28.6 Å². The molecule has 0 radical (unpaired) electrons. The van der Waals surface area contributed by atoms with E-state index < -0.39 is 18.1 Å². The number of amides is 3. The van der Waals surface area contributed by atoms with Crippen LogP contribution in [0.1, 0.15) is 56.3 Å². The lowest BCUT2D eigenvalue weighted by atomic mass is 9.87. The third-order valence-electron chi connectivity index (χ3n) is 8.87. The zero-order valence-electron chi connectivity index (χ0n) is 25.2. The van der Waals surface area contributed by atoms with Gasteiger partial charge in [0.15, 0.2) is 0 Å². The Hall–Kier alpha value is -3.69. The van der Waals surface area contributed by atoms with E-state index in [0.29, 0.717) is 26.2 Å². The molecule has 3 aromatic rings. The second-order valence-electron chi connectivity index (χ2n) is 12.0. The Morgan fingerprint density at radius 2 is 1.83 bits per heavy atom. The topological polar surface area (TPSA) is 110 Å². The van der Waals surface area contributed by atoms with Crippen LogP contribution in [0.2, 0.25) is 0 Å². The minimum Gasteiger partial charge on any atom is -0.361 e. The second kappa shape index (κ2) is 13.1. The number of H-pyrrole nitrogens is 1. The van der Waals surface area contributed by atoms with E-state index in [-0.39, 0.29) is 29.7 Å². The molecule has 4 atom stereocenters. The third kappa shape index (κ3) is 6.37. The highest BCUT2D eigenvalue weighted by atomic mass is 16.2. The molecule has 1 saturated heterocycles. The SMILES string of the molecule is CN[C@@H](C)C(=O)N[C@H](C(=O)N1CCN(Cc2cccc3[nH]ccc23)C[C@H]1C(=O)NC1CCCc2ccccc21)C(C)C. The number of likely N-dealkylation sites (N-methyl/N-ethyl adjacent to an activating group) is 1. The van der Waals surface area contributed by atoms with Crippen LogP contribution in [-0.4, -0.2) is 77.3 Å². The lowest BCUT2D eigenvalue weighted by Crippen LogP contribution is -2.64. The predicted molar refractivity (Wildman–Crippen MR) is 165 cm³/mol. The molecule has 9 heteroatoms. The lowest BCUT2D eigenvalue weighted by Gasteiger charge is -2.43. The Kier molecular flexibility index (Phi) is 9.28. The number of carbonyl (C=O) groups excluding carboxylic acids is 3. The molecule has 1 unspecified atom stereocenters. The number of nitrogens with one attached hydrogen (secondary N) is 4. The Morgan fingerprint density at radius 1 is 1.02 bits per heavy atom. The van der Waals surface area contributed by atoms with Crippen molar-refractivity contribution < 1.29 is 14.4 Å². The number of aryl methyl sites for hydroxylation is 1. The summed E-state index contributed by atoms with van der Waals surface area (Å²) >= 11 is 0. The van der Waals surface area contributed by atoms with Gasteiger partial charge in [-0.1, -0.05) is 50.2 Å². The molecule has 0 bridgehead atoms. The average Bonchev–Trinajstić information content (AvgIpc) is 3.49.